The van der Waals surface area contributed by atoms with Crippen LogP contribution in [0.1, 0.15) is 36.9 Å². The molecule has 0 aromatic carbocycles. The van der Waals surface area contributed by atoms with Crippen LogP contribution in [0.25, 0.3) is 0 Å². The number of hydrogen-bond donors (Lipinski definition) is 2. The summed E-state index contributed by atoms with van der Waals surface area (Å²) in [5, 5.41) is 10.1. The predicted molar refractivity (Wildman–Crippen MR) is 75.7 cm³/mol. The fraction of sp³-hybridized carbons (Fsp3) is 0.769. The van der Waals surface area contributed by atoms with E-state index in [-0.39, 0.29) is 11.1 Å². The molecule has 2 aliphatic rings. The van der Waals surface area contributed by atoms with Crippen LogP contribution < -0.4 is 5.32 Å². The zero-order valence-electron chi connectivity index (χ0n) is 12.0. The maximum Gasteiger partial charge on any atom is 0.262 e. The summed E-state index contributed by atoms with van der Waals surface area (Å²) in [6, 6.07) is 0.194. The molecule has 20 heavy (non-hydrogen) atoms. The lowest BCUT2D eigenvalue weighted by Crippen LogP contribution is -2.35. The van der Waals surface area contributed by atoms with Crippen LogP contribution in [0.2, 0.25) is 0 Å². The minimum absolute atomic E-state index is 0.194. The minimum atomic E-state index is -3.47. The first-order valence-corrected chi connectivity index (χ1v) is 8.68. The number of aromatic nitrogens is 2. The molecule has 2 fully saturated rings. The van der Waals surface area contributed by atoms with Gasteiger partial charge in [0.1, 0.15) is 0 Å². The van der Waals surface area contributed by atoms with Crippen LogP contribution in [0.4, 0.5) is 0 Å². The minimum Gasteiger partial charge on any atom is -0.316 e. The second-order valence-corrected chi connectivity index (χ2v) is 7.72. The Morgan fingerprint density at radius 3 is 2.60 bits per heavy atom. The molecule has 1 heterocycles. The average Bonchev–Trinajstić information content (AvgIpc) is 3.29. The summed E-state index contributed by atoms with van der Waals surface area (Å²) in [6.45, 7) is 3.04. The number of rotatable bonds is 7. The number of nitrogens with zero attached hydrogens (tertiary/aromatic N) is 2. The number of H-pyrrole nitrogens is 1. The van der Waals surface area contributed by atoms with Gasteiger partial charge in [-0.25, -0.2) is 8.42 Å². The van der Waals surface area contributed by atoms with Crippen LogP contribution in [0.3, 0.4) is 0 Å². The van der Waals surface area contributed by atoms with Crippen LogP contribution >= 0.6 is 0 Å². The monoisotopic (exact) mass is 298 g/mol. The van der Waals surface area contributed by atoms with E-state index in [0.717, 1.165) is 36.9 Å². The Kier molecular flexibility index (Phi) is 3.60. The third-order valence-corrected chi connectivity index (χ3v) is 5.92. The molecule has 0 unspecified atom stereocenters. The summed E-state index contributed by atoms with van der Waals surface area (Å²) < 4.78 is 27.5. The zero-order chi connectivity index (χ0) is 14.3. The van der Waals surface area contributed by atoms with Crippen LogP contribution in [0.5, 0.6) is 0 Å². The molecular formula is C13H22N4O2S. The molecule has 0 aliphatic heterocycles. The van der Waals surface area contributed by atoms with Gasteiger partial charge in [0.15, 0.2) is 5.03 Å². The summed E-state index contributed by atoms with van der Waals surface area (Å²) >= 11 is 0. The molecule has 1 aromatic rings. The Morgan fingerprint density at radius 2 is 2.05 bits per heavy atom. The molecule has 1 aromatic heterocycles. The van der Waals surface area contributed by atoms with Gasteiger partial charge < -0.3 is 5.32 Å². The van der Waals surface area contributed by atoms with Crippen molar-refractivity contribution < 1.29 is 8.42 Å². The van der Waals surface area contributed by atoms with E-state index in [4.69, 9.17) is 0 Å². The molecule has 2 N–H and O–H groups in total. The van der Waals surface area contributed by atoms with Crippen LogP contribution in [0.15, 0.2) is 5.03 Å². The topological polar surface area (TPSA) is 78.1 Å². The molecule has 6 nitrogen and oxygen atoms in total. The highest BCUT2D eigenvalue weighted by Crippen LogP contribution is 2.38. The van der Waals surface area contributed by atoms with Gasteiger partial charge in [-0.3, -0.25) is 5.10 Å². The first-order valence-electron chi connectivity index (χ1n) is 7.24. The number of hydrogen-bond acceptors (Lipinski definition) is 4. The number of aryl methyl sites for hydroxylation is 1. The van der Waals surface area contributed by atoms with Crippen molar-refractivity contribution in [2.75, 3.05) is 13.6 Å². The highest BCUT2D eigenvalue weighted by atomic mass is 32.2. The van der Waals surface area contributed by atoms with E-state index in [1.807, 2.05) is 14.0 Å². The van der Waals surface area contributed by atoms with Crippen molar-refractivity contribution in [3.63, 3.8) is 0 Å². The van der Waals surface area contributed by atoms with E-state index in [9.17, 15) is 8.42 Å². The SMILES string of the molecule is CNCc1c(S(=O)(=O)N(CC2CC2)C2CC2)n[nH]c1C. The molecule has 112 valence electrons. The standard InChI is InChI=1S/C13H22N4O2S/c1-9-12(7-14-2)13(16-15-9)20(18,19)17(11-5-6-11)8-10-3-4-10/h10-11,14H,3-8H2,1-2H3,(H,15,16). The lowest BCUT2D eigenvalue weighted by atomic mass is 10.3. The molecule has 0 saturated heterocycles. The van der Waals surface area contributed by atoms with Gasteiger partial charge in [0.25, 0.3) is 10.0 Å². The van der Waals surface area contributed by atoms with Crippen molar-refractivity contribution in [1.82, 2.24) is 19.8 Å². The second-order valence-electron chi connectivity index (χ2n) is 5.91. The van der Waals surface area contributed by atoms with Gasteiger partial charge in [-0.1, -0.05) is 0 Å². The second kappa shape index (κ2) is 5.13. The van der Waals surface area contributed by atoms with Gasteiger partial charge in [-0.2, -0.15) is 9.40 Å². The summed E-state index contributed by atoms with van der Waals surface area (Å²) in [6.07, 6.45) is 4.27. The fourth-order valence-electron chi connectivity index (χ4n) is 2.50. The third-order valence-electron chi connectivity index (χ3n) is 4.03. The number of sulfonamides is 1. The highest BCUT2D eigenvalue weighted by Gasteiger charge is 2.42. The predicted octanol–water partition coefficient (Wildman–Crippen LogP) is 1.00. The molecule has 3 rings (SSSR count). The van der Waals surface area contributed by atoms with Gasteiger partial charge in [-0.15, -0.1) is 0 Å². The zero-order valence-corrected chi connectivity index (χ0v) is 12.8. The van der Waals surface area contributed by atoms with Crippen molar-refractivity contribution in [1.29, 1.82) is 0 Å². The van der Waals surface area contributed by atoms with Crippen LogP contribution in [0, 0.1) is 12.8 Å². The van der Waals surface area contributed by atoms with Crippen molar-refractivity contribution in [3.8, 4) is 0 Å². The highest BCUT2D eigenvalue weighted by molar-refractivity contribution is 7.89. The van der Waals surface area contributed by atoms with Crippen LogP contribution in [-0.4, -0.2) is 42.6 Å². The van der Waals surface area contributed by atoms with Crippen molar-refractivity contribution >= 4 is 10.0 Å². The van der Waals surface area contributed by atoms with Crippen molar-refractivity contribution in [2.24, 2.45) is 5.92 Å². The molecule has 2 saturated carbocycles. The van der Waals surface area contributed by atoms with E-state index >= 15 is 0 Å². The van der Waals surface area contributed by atoms with E-state index in [1.54, 1.807) is 4.31 Å². The number of nitrogens with one attached hydrogen (secondary N) is 2. The summed E-state index contributed by atoms with van der Waals surface area (Å²) in [5.41, 5.74) is 1.58. The lowest BCUT2D eigenvalue weighted by Gasteiger charge is -2.21. The third kappa shape index (κ3) is 2.62. The van der Waals surface area contributed by atoms with Gasteiger partial charge in [0.05, 0.1) is 0 Å². The first-order chi connectivity index (χ1) is 9.54. The molecular weight excluding hydrogens is 276 g/mol. The van der Waals surface area contributed by atoms with Crippen molar-refractivity contribution in [2.45, 2.75) is 50.2 Å². The molecule has 0 bridgehead atoms. The molecule has 2 aliphatic carbocycles. The van der Waals surface area contributed by atoms with E-state index in [1.165, 1.54) is 0 Å². The van der Waals surface area contributed by atoms with Gasteiger partial charge >= 0.3 is 0 Å². The quantitative estimate of drug-likeness (QED) is 0.787. The normalized spacial score (nSPS) is 19.8. The Morgan fingerprint density at radius 1 is 1.35 bits per heavy atom. The molecule has 0 radical (unpaired) electrons. The lowest BCUT2D eigenvalue weighted by molar-refractivity contribution is 0.386. The van der Waals surface area contributed by atoms with Crippen molar-refractivity contribution in [3.05, 3.63) is 11.3 Å². The van der Waals surface area contributed by atoms with Crippen LogP contribution in [-0.2, 0) is 16.6 Å². The Balaban J connectivity index is 1.92. The van der Waals surface area contributed by atoms with Gasteiger partial charge in [0.2, 0.25) is 0 Å². The van der Waals surface area contributed by atoms with Gasteiger partial charge in [-0.05, 0) is 45.6 Å². The van der Waals surface area contributed by atoms with E-state index < -0.39 is 10.0 Å². The average molecular weight is 298 g/mol. The molecule has 0 spiro atoms. The summed E-state index contributed by atoms with van der Waals surface area (Å²) in [7, 11) is -1.66. The number of aromatic amines is 1. The maximum atomic E-state index is 12.9. The Bertz CT molecular complexity index is 588. The first kappa shape index (κ1) is 14.0. The van der Waals surface area contributed by atoms with E-state index in [2.05, 4.69) is 15.5 Å². The van der Waals surface area contributed by atoms with E-state index in [0.29, 0.717) is 19.0 Å². The molecule has 0 atom stereocenters. The fourth-order valence-corrected chi connectivity index (χ4v) is 4.43. The smallest absolute Gasteiger partial charge is 0.262 e. The molecule has 0 amide bonds. The summed E-state index contributed by atoms with van der Waals surface area (Å²) in [5.74, 6) is 0.554. The molecule has 7 heteroatoms. The Hall–Kier alpha value is -0.920. The Labute approximate surface area is 120 Å². The van der Waals surface area contributed by atoms with Gasteiger partial charge in [0, 0.05) is 30.4 Å². The summed E-state index contributed by atoms with van der Waals surface area (Å²) in [4.78, 5) is 0. The largest absolute Gasteiger partial charge is 0.316 e. The maximum absolute atomic E-state index is 12.9.